The number of nitrogens with one attached hydrogen (secondary N) is 1. The Bertz CT molecular complexity index is 1170. The SMILES string of the molecule is CC(CCC(=O)NC(Cc1ccc(O)c(O)c1)C(=O)O)C1CCC2C3C(O)C(O)C4CC(O)CCC4(C)C3CCC12C. The summed E-state index contributed by atoms with van der Waals surface area (Å²) < 4.78 is 0. The number of aromatic hydroxyl groups is 2. The van der Waals surface area contributed by atoms with Gasteiger partial charge in [0.1, 0.15) is 6.04 Å². The van der Waals surface area contributed by atoms with Crippen LogP contribution in [0.5, 0.6) is 11.5 Å². The molecule has 0 radical (unpaired) electrons. The highest BCUT2D eigenvalue weighted by Crippen LogP contribution is 2.68. The fraction of sp³-hybridized carbons (Fsp3) is 0.758. The zero-order valence-electron chi connectivity index (χ0n) is 25.1. The molecule has 4 saturated carbocycles. The number of aliphatic hydroxyl groups excluding tert-OH is 3. The molecule has 7 N–H and O–H groups in total. The largest absolute Gasteiger partial charge is 0.504 e. The predicted octanol–water partition coefficient (Wildman–Crippen LogP) is 3.59. The van der Waals surface area contributed by atoms with Gasteiger partial charge in [-0.05, 0) is 115 Å². The van der Waals surface area contributed by atoms with Gasteiger partial charge in [-0.3, -0.25) is 4.79 Å². The van der Waals surface area contributed by atoms with E-state index < -0.39 is 30.3 Å². The summed E-state index contributed by atoms with van der Waals surface area (Å²) >= 11 is 0. The molecule has 4 aliphatic rings. The molecule has 0 spiro atoms. The van der Waals surface area contributed by atoms with Gasteiger partial charge in [0, 0.05) is 12.8 Å². The van der Waals surface area contributed by atoms with E-state index in [4.69, 9.17) is 0 Å². The number of benzene rings is 1. The minimum absolute atomic E-state index is 0.000389. The van der Waals surface area contributed by atoms with Crippen molar-refractivity contribution >= 4 is 11.9 Å². The Morgan fingerprint density at radius 2 is 1.62 bits per heavy atom. The van der Waals surface area contributed by atoms with Crippen molar-refractivity contribution in [3.8, 4) is 11.5 Å². The summed E-state index contributed by atoms with van der Waals surface area (Å²) in [6, 6.07) is 2.96. The summed E-state index contributed by atoms with van der Waals surface area (Å²) in [5.41, 5.74) is 0.414. The van der Waals surface area contributed by atoms with Crippen LogP contribution in [0.2, 0.25) is 0 Å². The van der Waals surface area contributed by atoms with Gasteiger partial charge in [0.15, 0.2) is 11.5 Å². The van der Waals surface area contributed by atoms with E-state index in [0.29, 0.717) is 36.2 Å². The molecule has 4 fully saturated rings. The van der Waals surface area contributed by atoms with E-state index in [-0.39, 0.29) is 58.8 Å². The van der Waals surface area contributed by atoms with Gasteiger partial charge in [0.25, 0.3) is 0 Å². The Hall–Kier alpha value is -2.36. The highest BCUT2D eigenvalue weighted by atomic mass is 16.4. The first-order valence-electron chi connectivity index (χ1n) is 15.8. The Morgan fingerprint density at radius 3 is 2.31 bits per heavy atom. The molecule has 12 atom stereocenters. The van der Waals surface area contributed by atoms with Gasteiger partial charge in [-0.2, -0.15) is 0 Å². The van der Waals surface area contributed by atoms with Crippen LogP contribution in [0.25, 0.3) is 0 Å². The number of fused-ring (bicyclic) bond motifs is 5. The van der Waals surface area contributed by atoms with Gasteiger partial charge in [0.2, 0.25) is 5.91 Å². The third-order valence-electron chi connectivity index (χ3n) is 12.4. The summed E-state index contributed by atoms with van der Waals surface area (Å²) in [6.45, 7) is 6.80. The second kappa shape index (κ2) is 11.6. The molecule has 12 unspecified atom stereocenters. The van der Waals surface area contributed by atoms with Crippen LogP contribution in [0.3, 0.4) is 0 Å². The maximum atomic E-state index is 12.9. The third kappa shape index (κ3) is 5.41. The first-order chi connectivity index (χ1) is 19.8. The number of aliphatic hydroxyl groups is 3. The lowest BCUT2D eigenvalue weighted by atomic mass is 9.43. The molecule has 4 aliphatic carbocycles. The van der Waals surface area contributed by atoms with Crippen molar-refractivity contribution in [1.82, 2.24) is 5.32 Å². The van der Waals surface area contributed by atoms with Crippen molar-refractivity contribution < 1.29 is 40.2 Å². The molecule has 1 aromatic rings. The van der Waals surface area contributed by atoms with Crippen LogP contribution in [-0.4, -0.2) is 66.9 Å². The van der Waals surface area contributed by atoms with Crippen molar-refractivity contribution in [2.45, 2.75) is 109 Å². The van der Waals surface area contributed by atoms with Gasteiger partial charge in [-0.1, -0.05) is 26.8 Å². The van der Waals surface area contributed by atoms with Gasteiger partial charge in [0.05, 0.1) is 18.3 Å². The zero-order chi connectivity index (χ0) is 30.6. The predicted molar refractivity (Wildman–Crippen MR) is 155 cm³/mol. The Kier molecular flexibility index (Phi) is 8.60. The van der Waals surface area contributed by atoms with Crippen LogP contribution >= 0.6 is 0 Å². The molecular formula is C33H49NO8. The quantitative estimate of drug-likeness (QED) is 0.227. The number of carbonyl (C=O) groups excluding carboxylic acids is 1. The third-order valence-corrected chi connectivity index (χ3v) is 12.4. The Labute approximate surface area is 248 Å². The van der Waals surface area contributed by atoms with E-state index in [1.165, 1.54) is 18.2 Å². The van der Waals surface area contributed by atoms with Gasteiger partial charge >= 0.3 is 5.97 Å². The van der Waals surface area contributed by atoms with E-state index in [1.807, 2.05) is 0 Å². The fourth-order valence-corrected chi connectivity index (χ4v) is 10.2. The number of amides is 1. The highest BCUT2D eigenvalue weighted by Gasteiger charge is 2.65. The second-order valence-electron chi connectivity index (χ2n) is 14.5. The van der Waals surface area contributed by atoms with Crippen LogP contribution < -0.4 is 5.32 Å². The molecule has 1 amide bonds. The average molecular weight is 588 g/mol. The standard InChI is InChI=1S/C33H49NO8/c1-17(4-9-27(38)34-24(31(41)42)14-18-5-8-25(36)26(37)15-18)20-6-7-21-28-22(11-13-32(20,21)2)33(3)12-10-19(35)16-23(33)29(39)30(28)40/h5,8,15,17,19-24,28-30,35-37,39-40H,4,6-7,9-14,16H2,1-3H3,(H,34,38)(H,41,42). The van der Waals surface area contributed by atoms with E-state index in [0.717, 1.165) is 38.5 Å². The lowest BCUT2D eigenvalue weighted by molar-refractivity contribution is -0.223. The molecule has 5 rings (SSSR count). The number of rotatable bonds is 8. The molecule has 0 aliphatic heterocycles. The van der Waals surface area contributed by atoms with Gasteiger partial charge < -0.3 is 36.0 Å². The first-order valence-corrected chi connectivity index (χ1v) is 15.8. The van der Waals surface area contributed by atoms with Crippen LogP contribution in [0.15, 0.2) is 18.2 Å². The first kappa shape index (κ1) is 31.1. The number of carboxylic acids is 1. The summed E-state index contributed by atoms with van der Waals surface area (Å²) in [5, 5.41) is 64.6. The Balaban J connectivity index is 1.21. The smallest absolute Gasteiger partial charge is 0.326 e. The topological polar surface area (TPSA) is 168 Å². The van der Waals surface area contributed by atoms with Crippen LogP contribution in [0.4, 0.5) is 0 Å². The summed E-state index contributed by atoms with van der Waals surface area (Å²) in [4.78, 5) is 24.7. The van der Waals surface area contributed by atoms with Crippen molar-refractivity contribution in [2.24, 2.45) is 46.3 Å². The monoisotopic (exact) mass is 587 g/mol. The summed E-state index contributed by atoms with van der Waals surface area (Å²) in [5.74, 6) is -0.935. The van der Waals surface area contributed by atoms with Crippen LogP contribution in [0, 0.1) is 46.3 Å². The molecular weight excluding hydrogens is 538 g/mol. The molecule has 0 saturated heterocycles. The Morgan fingerprint density at radius 1 is 0.929 bits per heavy atom. The van der Waals surface area contributed by atoms with Crippen molar-refractivity contribution in [1.29, 1.82) is 0 Å². The number of hydrogen-bond acceptors (Lipinski definition) is 7. The number of carboxylic acid groups (broad SMARTS) is 1. The number of phenolic OH excluding ortho intramolecular Hbond substituents is 2. The fourth-order valence-electron chi connectivity index (χ4n) is 10.2. The van der Waals surface area contributed by atoms with Crippen molar-refractivity contribution in [2.75, 3.05) is 0 Å². The molecule has 9 nitrogen and oxygen atoms in total. The van der Waals surface area contributed by atoms with Crippen LogP contribution in [-0.2, 0) is 16.0 Å². The number of phenols is 2. The lowest BCUT2D eigenvalue weighted by Crippen LogP contribution is -2.64. The van der Waals surface area contributed by atoms with Crippen molar-refractivity contribution in [3.05, 3.63) is 23.8 Å². The van der Waals surface area contributed by atoms with E-state index >= 15 is 0 Å². The van der Waals surface area contributed by atoms with E-state index in [2.05, 4.69) is 26.1 Å². The molecule has 42 heavy (non-hydrogen) atoms. The maximum absolute atomic E-state index is 12.9. The molecule has 0 aromatic heterocycles. The maximum Gasteiger partial charge on any atom is 0.326 e. The number of aliphatic carboxylic acids is 1. The highest BCUT2D eigenvalue weighted by molar-refractivity contribution is 5.83. The van der Waals surface area contributed by atoms with Crippen molar-refractivity contribution in [3.63, 3.8) is 0 Å². The van der Waals surface area contributed by atoms with E-state index in [1.54, 1.807) is 0 Å². The summed E-state index contributed by atoms with van der Waals surface area (Å²) in [6.07, 6.45) is 5.06. The molecule has 1 aromatic carbocycles. The normalized spacial score (nSPS) is 40.7. The van der Waals surface area contributed by atoms with Crippen LogP contribution in [0.1, 0.15) is 84.1 Å². The van der Waals surface area contributed by atoms with Gasteiger partial charge in [-0.25, -0.2) is 4.79 Å². The summed E-state index contributed by atoms with van der Waals surface area (Å²) in [7, 11) is 0. The molecule has 0 bridgehead atoms. The average Bonchev–Trinajstić information content (AvgIpc) is 3.30. The second-order valence-corrected chi connectivity index (χ2v) is 14.5. The minimum atomic E-state index is -1.16. The number of hydrogen-bond donors (Lipinski definition) is 7. The van der Waals surface area contributed by atoms with Gasteiger partial charge in [-0.15, -0.1) is 0 Å². The zero-order valence-corrected chi connectivity index (χ0v) is 25.1. The van der Waals surface area contributed by atoms with E-state index in [9.17, 15) is 40.2 Å². The number of carbonyl (C=O) groups is 2. The molecule has 0 heterocycles. The lowest BCUT2D eigenvalue weighted by Gasteiger charge is -2.63. The molecule has 234 valence electrons. The molecule has 9 heteroatoms. The minimum Gasteiger partial charge on any atom is -0.504 e.